The number of nitrogens with one attached hydrogen (secondary N) is 1. The van der Waals surface area contributed by atoms with Gasteiger partial charge in [-0.05, 0) is 11.8 Å². The molecule has 0 aliphatic carbocycles. The lowest BCUT2D eigenvalue weighted by molar-refractivity contribution is -0.388. The first kappa shape index (κ1) is 12.3. The summed E-state index contributed by atoms with van der Waals surface area (Å²) in [7, 11) is 3.46. The van der Waals surface area contributed by atoms with Crippen molar-refractivity contribution in [3.05, 3.63) is 28.7 Å². The third kappa shape index (κ3) is 2.40. The summed E-state index contributed by atoms with van der Waals surface area (Å²) in [5.74, 6) is 0.331. The molecule has 0 bridgehead atoms. The van der Waals surface area contributed by atoms with Crippen LogP contribution in [0.15, 0.2) is 28.8 Å². The van der Waals surface area contributed by atoms with E-state index < -0.39 is 4.92 Å². The Morgan fingerprint density at radius 1 is 1.50 bits per heavy atom. The van der Waals surface area contributed by atoms with E-state index in [-0.39, 0.29) is 10.7 Å². The van der Waals surface area contributed by atoms with Crippen molar-refractivity contribution in [3.63, 3.8) is 0 Å². The van der Waals surface area contributed by atoms with Crippen molar-refractivity contribution in [3.8, 4) is 0 Å². The number of imidazole rings is 1. The third-order valence-electron chi connectivity index (χ3n) is 2.12. The van der Waals surface area contributed by atoms with Gasteiger partial charge in [0.15, 0.2) is 10.2 Å². The second-order valence-corrected chi connectivity index (χ2v) is 4.27. The number of aromatic nitrogens is 4. The summed E-state index contributed by atoms with van der Waals surface area (Å²) in [5, 5.41) is 14.5. The molecule has 0 amide bonds. The number of aryl methyl sites for hydroxylation is 1. The molecule has 0 aliphatic rings. The van der Waals surface area contributed by atoms with E-state index in [4.69, 9.17) is 0 Å². The van der Waals surface area contributed by atoms with Crippen LogP contribution in [0.3, 0.4) is 0 Å². The van der Waals surface area contributed by atoms with E-state index in [1.165, 1.54) is 6.20 Å². The van der Waals surface area contributed by atoms with Gasteiger partial charge in [-0.3, -0.25) is 10.1 Å². The van der Waals surface area contributed by atoms with Gasteiger partial charge in [0.2, 0.25) is 5.95 Å². The van der Waals surface area contributed by atoms with Crippen molar-refractivity contribution in [2.45, 2.75) is 10.2 Å². The SMILES string of the molecule is CNc1ncc([N+](=O)[O-])c(Sc2nccn2C)n1. The Labute approximate surface area is 107 Å². The molecule has 0 aliphatic heterocycles. The van der Waals surface area contributed by atoms with Crippen LogP contribution >= 0.6 is 11.8 Å². The maximum Gasteiger partial charge on any atom is 0.320 e. The van der Waals surface area contributed by atoms with Crippen LogP contribution in [0.1, 0.15) is 0 Å². The molecule has 0 aromatic carbocycles. The summed E-state index contributed by atoms with van der Waals surface area (Å²) >= 11 is 1.12. The van der Waals surface area contributed by atoms with Crippen molar-refractivity contribution in [2.75, 3.05) is 12.4 Å². The highest BCUT2D eigenvalue weighted by Crippen LogP contribution is 2.31. The highest BCUT2D eigenvalue weighted by Gasteiger charge is 2.19. The number of anilines is 1. The van der Waals surface area contributed by atoms with Crippen LogP contribution in [0.25, 0.3) is 0 Å². The second-order valence-electron chi connectivity index (χ2n) is 3.31. The highest BCUT2D eigenvalue weighted by atomic mass is 32.2. The number of hydrogen-bond acceptors (Lipinski definition) is 7. The van der Waals surface area contributed by atoms with E-state index in [0.717, 1.165) is 11.8 Å². The molecule has 2 heterocycles. The van der Waals surface area contributed by atoms with E-state index >= 15 is 0 Å². The molecular formula is C9H10N6O2S. The molecule has 18 heavy (non-hydrogen) atoms. The summed E-state index contributed by atoms with van der Waals surface area (Å²) in [6.45, 7) is 0. The Balaban J connectivity index is 2.41. The van der Waals surface area contributed by atoms with Gasteiger partial charge in [-0.25, -0.2) is 9.97 Å². The quantitative estimate of drug-likeness (QED) is 0.506. The van der Waals surface area contributed by atoms with Gasteiger partial charge in [0.1, 0.15) is 6.20 Å². The molecule has 9 heteroatoms. The Morgan fingerprint density at radius 2 is 2.28 bits per heavy atom. The molecule has 2 aromatic heterocycles. The summed E-state index contributed by atoms with van der Waals surface area (Å²) in [6, 6.07) is 0. The number of rotatable bonds is 4. The van der Waals surface area contributed by atoms with Crippen molar-refractivity contribution in [2.24, 2.45) is 7.05 Å². The molecule has 0 saturated heterocycles. The fourth-order valence-electron chi connectivity index (χ4n) is 1.22. The van der Waals surface area contributed by atoms with Crippen molar-refractivity contribution < 1.29 is 4.92 Å². The number of nitrogens with zero attached hydrogens (tertiary/aromatic N) is 5. The lowest BCUT2D eigenvalue weighted by Gasteiger charge is -2.03. The molecule has 2 rings (SSSR count). The maximum absolute atomic E-state index is 10.9. The molecule has 0 atom stereocenters. The van der Waals surface area contributed by atoms with Crippen LogP contribution in [-0.4, -0.2) is 31.5 Å². The molecule has 0 fully saturated rings. The number of nitro groups is 1. The Kier molecular flexibility index (Phi) is 3.42. The van der Waals surface area contributed by atoms with E-state index in [1.54, 1.807) is 31.1 Å². The molecule has 94 valence electrons. The molecule has 0 unspecified atom stereocenters. The standard InChI is InChI=1S/C9H10N6O2S/c1-10-8-12-5-6(15(16)17)7(13-8)18-9-11-3-4-14(9)2/h3-5H,1-2H3,(H,10,12,13). The Hall–Kier alpha value is -2.16. The zero-order chi connectivity index (χ0) is 13.1. The third-order valence-corrected chi connectivity index (χ3v) is 3.19. The van der Waals surface area contributed by atoms with Gasteiger partial charge in [-0.2, -0.15) is 4.98 Å². The lowest BCUT2D eigenvalue weighted by atomic mass is 10.5. The van der Waals surface area contributed by atoms with E-state index in [0.29, 0.717) is 11.1 Å². The zero-order valence-corrected chi connectivity index (χ0v) is 10.5. The van der Waals surface area contributed by atoms with Gasteiger partial charge in [0, 0.05) is 26.5 Å². The Morgan fingerprint density at radius 3 is 2.83 bits per heavy atom. The van der Waals surface area contributed by atoms with Crippen LogP contribution < -0.4 is 5.32 Å². The van der Waals surface area contributed by atoms with Crippen molar-refractivity contribution in [1.82, 2.24) is 19.5 Å². The fourth-order valence-corrected chi connectivity index (χ4v) is 2.07. The van der Waals surface area contributed by atoms with E-state index in [9.17, 15) is 10.1 Å². The average Bonchev–Trinajstić information content (AvgIpc) is 2.74. The van der Waals surface area contributed by atoms with Crippen LogP contribution in [-0.2, 0) is 7.05 Å². The topological polar surface area (TPSA) is 98.8 Å². The maximum atomic E-state index is 10.9. The largest absolute Gasteiger partial charge is 0.357 e. The summed E-state index contributed by atoms with van der Waals surface area (Å²) in [6.07, 6.45) is 4.56. The van der Waals surface area contributed by atoms with Gasteiger partial charge in [0.05, 0.1) is 4.92 Å². The van der Waals surface area contributed by atoms with Gasteiger partial charge < -0.3 is 9.88 Å². The summed E-state index contributed by atoms with van der Waals surface area (Å²) < 4.78 is 1.76. The first-order chi connectivity index (χ1) is 8.61. The van der Waals surface area contributed by atoms with Gasteiger partial charge in [-0.15, -0.1) is 0 Å². The van der Waals surface area contributed by atoms with Gasteiger partial charge >= 0.3 is 5.69 Å². The van der Waals surface area contributed by atoms with Crippen LogP contribution in [0.5, 0.6) is 0 Å². The predicted octanol–water partition coefficient (Wildman–Crippen LogP) is 1.31. The fraction of sp³-hybridized carbons (Fsp3) is 0.222. The smallest absolute Gasteiger partial charge is 0.320 e. The summed E-state index contributed by atoms with van der Waals surface area (Å²) in [5.41, 5.74) is -0.137. The minimum atomic E-state index is -0.509. The highest BCUT2D eigenvalue weighted by molar-refractivity contribution is 7.99. The zero-order valence-electron chi connectivity index (χ0n) is 9.69. The summed E-state index contributed by atoms with van der Waals surface area (Å²) in [4.78, 5) is 22.4. The van der Waals surface area contributed by atoms with Crippen LogP contribution in [0.4, 0.5) is 11.6 Å². The van der Waals surface area contributed by atoms with Crippen molar-refractivity contribution >= 4 is 23.4 Å². The first-order valence-corrected chi connectivity index (χ1v) is 5.78. The molecule has 2 aromatic rings. The minimum Gasteiger partial charge on any atom is -0.357 e. The van der Waals surface area contributed by atoms with Gasteiger partial charge in [-0.1, -0.05) is 0 Å². The van der Waals surface area contributed by atoms with E-state index in [1.807, 2.05) is 0 Å². The first-order valence-electron chi connectivity index (χ1n) is 4.96. The average molecular weight is 266 g/mol. The van der Waals surface area contributed by atoms with Gasteiger partial charge in [0.25, 0.3) is 0 Å². The number of hydrogen-bond donors (Lipinski definition) is 1. The van der Waals surface area contributed by atoms with Crippen molar-refractivity contribution in [1.29, 1.82) is 0 Å². The van der Waals surface area contributed by atoms with E-state index in [2.05, 4.69) is 20.3 Å². The normalized spacial score (nSPS) is 10.3. The predicted molar refractivity (Wildman–Crippen MR) is 65.6 cm³/mol. The van der Waals surface area contributed by atoms with Crippen LogP contribution in [0.2, 0.25) is 0 Å². The van der Waals surface area contributed by atoms with Crippen LogP contribution in [0, 0.1) is 10.1 Å². The molecule has 0 saturated carbocycles. The second kappa shape index (κ2) is 5.00. The Bertz CT molecular complexity index is 584. The monoisotopic (exact) mass is 266 g/mol. The molecule has 8 nitrogen and oxygen atoms in total. The molecule has 0 spiro atoms. The lowest BCUT2D eigenvalue weighted by Crippen LogP contribution is -2.01. The molecule has 1 N–H and O–H groups in total. The minimum absolute atomic E-state index is 0.137. The molecule has 0 radical (unpaired) electrons. The molecular weight excluding hydrogens is 256 g/mol.